The zero-order valence-electron chi connectivity index (χ0n) is 17.1. The van der Waals surface area contributed by atoms with Gasteiger partial charge in [-0.25, -0.2) is 9.59 Å². The maximum atomic E-state index is 11.8. The van der Waals surface area contributed by atoms with Crippen molar-refractivity contribution in [3.05, 3.63) is 54.9 Å². The first-order valence-corrected chi connectivity index (χ1v) is 10.6. The number of aliphatic carboxylic acids is 1. The lowest BCUT2D eigenvalue weighted by molar-refractivity contribution is -0.144. The van der Waals surface area contributed by atoms with E-state index in [9.17, 15) is 9.59 Å². The number of rotatable bonds is 13. The molecule has 8 nitrogen and oxygen atoms in total. The summed E-state index contributed by atoms with van der Waals surface area (Å²) < 4.78 is 13.0. The summed E-state index contributed by atoms with van der Waals surface area (Å²) in [6.45, 7) is 5.34. The van der Waals surface area contributed by atoms with Crippen LogP contribution in [0.4, 0.5) is 0 Å². The van der Waals surface area contributed by atoms with Crippen LogP contribution in [-0.2, 0) is 20.9 Å². The predicted octanol–water partition coefficient (Wildman–Crippen LogP) is 2.60. The molecule has 2 rings (SSSR count). The molecule has 1 atom stereocenters. The third-order valence-electron chi connectivity index (χ3n) is 3.81. The SMILES string of the molecule is CC(C)NCC(COc1ccc(SCCn2cccn2)cc1)OC(=O)/C=C\C(=O)O. The van der Waals surface area contributed by atoms with Crippen molar-refractivity contribution in [3.8, 4) is 5.75 Å². The molecule has 1 unspecified atom stereocenters. The molecule has 0 amide bonds. The normalized spacial score (nSPS) is 12.2. The van der Waals surface area contributed by atoms with E-state index < -0.39 is 18.0 Å². The molecule has 0 aliphatic carbocycles. The van der Waals surface area contributed by atoms with Crippen molar-refractivity contribution in [1.82, 2.24) is 15.1 Å². The van der Waals surface area contributed by atoms with Gasteiger partial charge >= 0.3 is 11.9 Å². The highest BCUT2D eigenvalue weighted by molar-refractivity contribution is 7.99. The van der Waals surface area contributed by atoms with E-state index in [4.69, 9.17) is 14.6 Å². The van der Waals surface area contributed by atoms with Crippen LogP contribution in [0, 0.1) is 0 Å². The van der Waals surface area contributed by atoms with Crippen molar-refractivity contribution in [2.24, 2.45) is 0 Å². The van der Waals surface area contributed by atoms with Crippen LogP contribution in [0.15, 0.2) is 59.8 Å². The van der Waals surface area contributed by atoms with Crippen LogP contribution in [-0.4, -0.2) is 57.9 Å². The Morgan fingerprint density at radius 1 is 1.27 bits per heavy atom. The fraction of sp³-hybridized carbons (Fsp3) is 0.381. The number of carboxylic acid groups (broad SMARTS) is 1. The van der Waals surface area contributed by atoms with Gasteiger partial charge < -0.3 is 19.9 Å². The predicted molar refractivity (Wildman–Crippen MR) is 115 cm³/mol. The third-order valence-corrected chi connectivity index (χ3v) is 4.80. The Bertz CT molecular complexity index is 807. The topological polar surface area (TPSA) is 103 Å². The van der Waals surface area contributed by atoms with Gasteiger partial charge in [-0.15, -0.1) is 11.8 Å². The van der Waals surface area contributed by atoms with Crippen LogP contribution in [0.5, 0.6) is 5.75 Å². The number of aryl methyl sites for hydroxylation is 1. The van der Waals surface area contributed by atoms with Crippen molar-refractivity contribution in [1.29, 1.82) is 0 Å². The Kier molecular flexibility index (Phi) is 9.96. The number of hydrogen-bond donors (Lipinski definition) is 2. The van der Waals surface area contributed by atoms with Crippen molar-refractivity contribution >= 4 is 23.7 Å². The number of ether oxygens (including phenoxy) is 2. The number of nitrogens with zero attached hydrogens (tertiary/aromatic N) is 2. The first-order chi connectivity index (χ1) is 14.4. The highest BCUT2D eigenvalue weighted by Gasteiger charge is 2.15. The van der Waals surface area contributed by atoms with Gasteiger partial charge in [0.05, 0.1) is 6.54 Å². The Morgan fingerprint density at radius 2 is 2.03 bits per heavy atom. The fourth-order valence-corrected chi connectivity index (χ4v) is 3.20. The Labute approximate surface area is 180 Å². The molecule has 30 heavy (non-hydrogen) atoms. The zero-order valence-corrected chi connectivity index (χ0v) is 17.9. The van der Waals surface area contributed by atoms with E-state index >= 15 is 0 Å². The van der Waals surface area contributed by atoms with Gasteiger partial charge in [0.15, 0.2) is 0 Å². The number of benzene rings is 1. The van der Waals surface area contributed by atoms with E-state index in [2.05, 4.69) is 10.4 Å². The molecule has 9 heteroatoms. The van der Waals surface area contributed by atoms with Crippen molar-refractivity contribution < 1.29 is 24.2 Å². The number of hydrogen-bond acceptors (Lipinski definition) is 7. The zero-order chi connectivity index (χ0) is 21.8. The summed E-state index contributed by atoms with van der Waals surface area (Å²) in [6, 6.07) is 9.81. The minimum atomic E-state index is -1.21. The summed E-state index contributed by atoms with van der Waals surface area (Å²) in [4.78, 5) is 23.4. The summed E-state index contributed by atoms with van der Waals surface area (Å²) in [7, 11) is 0. The van der Waals surface area contributed by atoms with Gasteiger partial charge in [-0.2, -0.15) is 5.10 Å². The molecule has 1 aromatic carbocycles. The number of carbonyl (C=O) groups excluding carboxylic acids is 1. The quantitative estimate of drug-likeness (QED) is 0.282. The van der Waals surface area contributed by atoms with E-state index in [0.29, 0.717) is 12.3 Å². The Hall–Kier alpha value is -2.78. The van der Waals surface area contributed by atoms with E-state index in [1.807, 2.05) is 55.1 Å². The second kappa shape index (κ2) is 12.7. The number of aromatic nitrogens is 2. The maximum absolute atomic E-state index is 11.8. The molecule has 0 radical (unpaired) electrons. The van der Waals surface area contributed by atoms with E-state index in [1.54, 1.807) is 18.0 Å². The molecule has 0 aliphatic heterocycles. The summed E-state index contributed by atoms with van der Waals surface area (Å²) in [5.74, 6) is -0.355. The van der Waals surface area contributed by atoms with Gasteiger partial charge in [-0.1, -0.05) is 13.8 Å². The second-order valence-electron chi connectivity index (χ2n) is 6.69. The average molecular weight is 434 g/mol. The van der Waals surface area contributed by atoms with E-state index in [0.717, 1.165) is 29.3 Å². The van der Waals surface area contributed by atoms with Crippen LogP contribution in [0.25, 0.3) is 0 Å². The van der Waals surface area contributed by atoms with Crippen molar-refractivity contribution in [2.75, 3.05) is 18.9 Å². The third kappa shape index (κ3) is 9.62. The molecule has 0 aliphatic rings. The summed E-state index contributed by atoms with van der Waals surface area (Å²) >= 11 is 1.73. The van der Waals surface area contributed by atoms with Gasteiger partial charge in [0.1, 0.15) is 18.5 Å². The molecule has 0 saturated heterocycles. The first kappa shape index (κ1) is 23.5. The highest BCUT2D eigenvalue weighted by Crippen LogP contribution is 2.21. The van der Waals surface area contributed by atoms with Crippen LogP contribution in [0.1, 0.15) is 13.8 Å². The standard InChI is InChI=1S/C21H27N3O5S/c1-16(2)22-14-18(29-21(27)9-8-20(25)26)15-28-17-4-6-19(7-5-17)30-13-12-24-11-3-10-23-24/h3-11,16,18,22H,12-15H2,1-2H3,(H,25,26)/b9-8-. The first-order valence-electron chi connectivity index (χ1n) is 9.60. The second-order valence-corrected chi connectivity index (χ2v) is 7.86. The fourth-order valence-electron chi connectivity index (χ4n) is 2.36. The van der Waals surface area contributed by atoms with Crippen molar-refractivity contribution in [3.63, 3.8) is 0 Å². The molecule has 2 aromatic rings. The molecule has 0 fully saturated rings. The summed E-state index contributed by atoms with van der Waals surface area (Å²) in [6.07, 6.45) is 4.78. The lowest BCUT2D eigenvalue weighted by Gasteiger charge is -2.20. The minimum Gasteiger partial charge on any atom is -0.490 e. The number of nitrogens with one attached hydrogen (secondary N) is 1. The number of carbonyl (C=O) groups is 2. The Balaban J connectivity index is 1.82. The molecular formula is C21H27N3O5S. The van der Waals surface area contributed by atoms with Gasteiger partial charge in [0.2, 0.25) is 0 Å². The van der Waals surface area contributed by atoms with E-state index in [-0.39, 0.29) is 12.6 Å². The lowest BCUT2D eigenvalue weighted by atomic mass is 10.3. The molecule has 162 valence electrons. The smallest absolute Gasteiger partial charge is 0.331 e. The van der Waals surface area contributed by atoms with Crippen molar-refractivity contribution in [2.45, 2.75) is 37.4 Å². The van der Waals surface area contributed by atoms with Crippen LogP contribution >= 0.6 is 11.8 Å². The lowest BCUT2D eigenvalue weighted by Crippen LogP contribution is -2.38. The van der Waals surface area contributed by atoms with Gasteiger partial charge in [-0.3, -0.25) is 4.68 Å². The molecular weight excluding hydrogens is 406 g/mol. The molecule has 2 N–H and O–H groups in total. The summed E-state index contributed by atoms with van der Waals surface area (Å²) in [5.41, 5.74) is 0. The van der Waals surface area contributed by atoms with Gasteiger partial charge in [0.25, 0.3) is 0 Å². The van der Waals surface area contributed by atoms with Gasteiger partial charge in [0, 0.05) is 47.8 Å². The van der Waals surface area contributed by atoms with Crippen LogP contribution in [0.3, 0.4) is 0 Å². The van der Waals surface area contributed by atoms with Crippen LogP contribution < -0.4 is 10.1 Å². The van der Waals surface area contributed by atoms with E-state index in [1.165, 1.54) is 0 Å². The largest absolute Gasteiger partial charge is 0.490 e. The van der Waals surface area contributed by atoms with Gasteiger partial charge in [-0.05, 0) is 30.3 Å². The Morgan fingerprint density at radius 3 is 2.67 bits per heavy atom. The maximum Gasteiger partial charge on any atom is 0.331 e. The number of carboxylic acids is 1. The number of thioether (sulfide) groups is 1. The monoisotopic (exact) mass is 433 g/mol. The number of esters is 1. The molecule has 1 aromatic heterocycles. The molecule has 1 heterocycles. The highest BCUT2D eigenvalue weighted by atomic mass is 32.2. The molecule has 0 spiro atoms. The van der Waals surface area contributed by atoms with Crippen LogP contribution in [0.2, 0.25) is 0 Å². The molecule has 0 bridgehead atoms. The minimum absolute atomic E-state index is 0.151. The summed E-state index contributed by atoms with van der Waals surface area (Å²) in [5, 5.41) is 16.0. The molecule has 0 saturated carbocycles. The average Bonchev–Trinajstić information content (AvgIpc) is 3.23.